The predicted molar refractivity (Wildman–Crippen MR) is 72.9 cm³/mol. The number of aliphatic hydroxyl groups excluding tert-OH is 1. The maximum Gasteiger partial charge on any atom is 0.106 e. The van der Waals surface area contributed by atoms with Crippen molar-refractivity contribution in [3.8, 4) is 0 Å². The zero-order chi connectivity index (χ0) is 11.7. The minimum Gasteiger partial charge on any atom is -0.391 e. The highest BCUT2D eigenvalue weighted by Crippen LogP contribution is 2.27. The number of benzene rings is 1. The number of hydrogen-bond donors (Lipinski definition) is 2. The number of β-amino-alcohol motifs (C(OH)–C–C–N with tert-alkyl or cyclic N) is 1. The maximum atomic E-state index is 9.53. The summed E-state index contributed by atoms with van der Waals surface area (Å²) in [4.78, 5) is 2.50. The number of rotatable bonds is 2. The molecule has 1 aliphatic heterocycles. The predicted octanol–water partition coefficient (Wildman–Crippen LogP) is 1.65. The van der Waals surface area contributed by atoms with Crippen molar-refractivity contribution in [1.29, 1.82) is 0 Å². The van der Waals surface area contributed by atoms with Gasteiger partial charge in [0.05, 0.1) is 6.10 Å². The van der Waals surface area contributed by atoms with E-state index >= 15 is 0 Å². The largest absolute Gasteiger partial charge is 0.391 e. The Hall–Kier alpha value is -0.650. The lowest BCUT2D eigenvalue weighted by Gasteiger charge is -2.21. The fourth-order valence-corrected chi connectivity index (χ4v) is 2.47. The van der Waals surface area contributed by atoms with Crippen molar-refractivity contribution >= 4 is 38.8 Å². The van der Waals surface area contributed by atoms with Crippen LogP contribution in [0.2, 0.25) is 0 Å². The molecule has 16 heavy (non-hydrogen) atoms. The molecular formula is C11H13BrN2OS. The number of thiocarbonyl (C=S) groups is 1. The van der Waals surface area contributed by atoms with Gasteiger partial charge in [0.1, 0.15) is 4.99 Å². The van der Waals surface area contributed by atoms with E-state index < -0.39 is 0 Å². The van der Waals surface area contributed by atoms with E-state index in [1.54, 1.807) is 0 Å². The van der Waals surface area contributed by atoms with Gasteiger partial charge in [-0.15, -0.1) is 0 Å². The first kappa shape index (κ1) is 11.8. The third-order valence-corrected chi connectivity index (χ3v) is 3.44. The number of nitrogens with zero attached hydrogens (tertiary/aromatic N) is 1. The van der Waals surface area contributed by atoms with Crippen molar-refractivity contribution in [1.82, 2.24) is 0 Å². The van der Waals surface area contributed by atoms with Crippen molar-refractivity contribution < 1.29 is 5.11 Å². The summed E-state index contributed by atoms with van der Waals surface area (Å²) in [5.41, 5.74) is 7.57. The van der Waals surface area contributed by atoms with E-state index in [1.165, 1.54) is 0 Å². The summed E-state index contributed by atoms with van der Waals surface area (Å²) in [6.45, 7) is 1.50. The highest BCUT2D eigenvalue weighted by Gasteiger charge is 2.22. The molecule has 0 amide bonds. The third-order valence-electron chi connectivity index (χ3n) is 2.73. The second kappa shape index (κ2) is 4.69. The number of nitrogens with two attached hydrogens (primary N) is 1. The monoisotopic (exact) mass is 300 g/mol. The molecule has 0 saturated carbocycles. The van der Waals surface area contributed by atoms with E-state index in [4.69, 9.17) is 18.0 Å². The topological polar surface area (TPSA) is 49.5 Å². The Labute approximate surface area is 108 Å². The van der Waals surface area contributed by atoms with Gasteiger partial charge in [-0.2, -0.15) is 0 Å². The Morgan fingerprint density at radius 1 is 1.56 bits per heavy atom. The first-order valence-electron chi connectivity index (χ1n) is 5.10. The SMILES string of the molecule is NC(=S)c1cc(Br)ccc1N1CCC(O)C1. The highest BCUT2D eigenvalue weighted by atomic mass is 79.9. The van der Waals surface area contributed by atoms with Crippen LogP contribution in [0.3, 0.4) is 0 Å². The lowest BCUT2D eigenvalue weighted by Crippen LogP contribution is -2.24. The normalized spacial score (nSPS) is 20.1. The molecule has 5 heteroatoms. The van der Waals surface area contributed by atoms with Gasteiger partial charge < -0.3 is 15.7 Å². The summed E-state index contributed by atoms with van der Waals surface area (Å²) in [7, 11) is 0. The Bertz CT molecular complexity index is 424. The maximum absolute atomic E-state index is 9.53. The molecule has 0 aromatic heterocycles. The summed E-state index contributed by atoms with van der Waals surface area (Å²) in [5.74, 6) is 0. The summed E-state index contributed by atoms with van der Waals surface area (Å²) >= 11 is 8.44. The van der Waals surface area contributed by atoms with Crippen LogP contribution in [0.1, 0.15) is 12.0 Å². The van der Waals surface area contributed by atoms with E-state index in [1.807, 2.05) is 18.2 Å². The van der Waals surface area contributed by atoms with E-state index in [-0.39, 0.29) is 6.10 Å². The average Bonchev–Trinajstić information content (AvgIpc) is 2.64. The van der Waals surface area contributed by atoms with Crippen molar-refractivity contribution in [2.45, 2.75) is 12.5 Å². The molecule has 0 spiro atoms. The van der Waals surface area contributed by atoms with Gasteiger partial charge in [0.15, 0.2) is 0 Å². The number of anilines is 1. The molecule has 2 rings (SSSR count). The van der Waals surface area contributed by atoms with Crippen LogP contribution < -0.4 is 10.6 Å². The van der Waals surface area contributed by atoms with Crippen molar-refractivity contribution in [2.24, 2.45) is 5.73 Å². The van der Waals surface area contributed by atoms with Gasteiger partial charge in [-0.3, -0.25) is 0 Å². The van der Waals surface area contributed by atoms with Crippen molar-refractivity contribution in [3.63, 3.8) is 0 Å². The minimum absolute atomic E-state index is 0.247. The third kappa shape index (κ3) is 2.36. The van der Waals surface area contributed by atoms with E-state index in [9.17, 15) is 5.11 Å². The van der Waals surface area contributed by atoms with Crippen LogP contribution in [0.25, 0.3) is 0 Å². The molecule has 3 nitrogen and oxygen atoms in total. The molecule has 86 valence electrons. The Morgan fingerprint density at radius 2 is 2.31 bits per heavy atom. The summed E-state index contributed by atoms with van der Waals surface area (Å²) in [5, 5.41) is 9.53. The first-order chi connectivity index (χ1) is 7.58. The molecule has 1 aliphatic rings. The average molecular weight is 301 g/mol. The zero-order valence-electron chi connectivity index (χ0n) is 8.69. The number of aliphatic hydroxyl groups is 1. The van der Waals surface area contributed by atoms with E-state index in [0.29, 0.717) is 11.5 Å². The summed E-state index contributed by atoms with van der Waals surface area (Å²) in [6.07, 6.45) is 0.551. The lowest BCUT2D eigenvalue weighted by atomic mass is 10.1. The number of hydrogen-bond acceptors (Lipinski definition) is 3. The zero-order valence-corrected chi connectivity index (χ0v) is 11.1. The van der Waals surface area contributed by atoms with Crippen LogP contribution in [0.4, 0.5) is 5.69 Å². The van der Waals surface area contributed by atoms with Gasteiger partial charge >= 0.3 is 0 Å². The fourth-order valence-electron chi connectivity index (χ4n) is 1.94. The van der Waals surface area contributed by atoms with Crippen LogP contribution in [-0.4, -0.2) is 29.3 Å². The van der Waals surface area contributed by atoms with Gasteiger partial charge in [0, 0.05) is 28.8 Å². The molecule has 1 atom stereocenters. The summed E-state index contributed by atoms with van der Waals surface area (Å²) < 4.78 is 0.957. The quantitative estimate of drug-likeness (QED) is 0.816. The highest BCUT2D eigenvalue weighted by molar-refractivity contribution is 9.10. The molecule has 0 aliphatic carbocycles. The molecule has 1 aromatic rings. The Kier molecular flexibility index (Phi) is 3.47. The van der Waals surface area contributed by atoms with Crippen molar-refractivity contribution in [2.75, 3.05) is 18.0 Å². The van der Waals surface area contributed by atoms with Crippen LogP contribution in [0, 0.1) is 0 Å². The molecule has 3 N–H and O–H groups in total. The molecule has 0 radical (unpaired) electrons. The molecule has 1 aromatic carbocycles. The number of halogens is 1. The molecule has 1 fully saturated rings. The molecule has 1 heterocycles. The lowest BCUT2D eigenvalue weighted by molar-refractivity contribution is 0.198. The van der Waals surface area contributed by atoms with E-state index in [0.717, 1.165) is 28.7 Å². The van der Waals surface area contributed by atoms with Crippen LogP contribution in [-0.2, 0) is 0 Å². The van der Waals surface area contributed by atoms with Gasteiger partial charge in [-0.25, -0.2) is 0 Å². The molecule has 0 bridgehead atoms. The Morgan fingerprint density at radius 3 is 2.88 bits per heavy atom. The van der Waals surface area contributed by atoms with Gasteiger partial charge in [-0.05, 0) is 24.6 Å². The second-order valence-electron chi connectivity index (χ2n) is 3.91. The standard InChI is InChI=1S/C11H13BrN2OS/c12-7-1-2-10(9(5-7)11(13)16)14-4-3-8(15)6-14/h1-2,5,8,15H,3-4,6H2,(H2,13,16). The van der Waals surface area contributed by atoms with Gasteiger partial charge in [0.2, 0.25) is 0 Å². The summed E-state index contributed by atoms with van der Waals surface area (Å²) in [6, 6.07) is 5.86. The van der Waals surface area contributed by atoms with Crippen molar-refractivity contribution in [3.05, 3.63) is 28.2 Å². The van der Waals surface area contributed by atoms with Crippen LogP contribution >= 0.6 is 28.1 Å². The van der Waals surface area contributed by atoms with Gasteiger partial charge in [-0.1, -0.05) is 28.1 Å². The first-order valence-corrected chi connectivity index (χ1v) is 6.30. The molecular weight excluding hydrogens is 288 g/mol. The van der Waals surface area contributed by atoms with E-state index in [2.05, 4.69) is 20.8 Å². The second-order valence-corrected chi connectivity index (χ2v) is 5.27. The van der Waals surface area contributed by atoms with Gasteiger partial charge in [0.25, 0.3) is 0 Å². The molecule has 1 unspecified atom stereocenters. The Balaban J connectivity index is 2.36. The fraction of sp³-hybridized carbons (Fsp3) is 0.364. The molecule has 1 saturated heterocycles. The van der Waals surface area contributed by atoms with Crippen LogP contribution in [0.5, 0.6) is 0 Å². The van der Waals surface area contributed by atoms with Crippen LogP contribution in [0.15, 0.2) is 22.7 Å². The smallest absolute Gasteiger partial charge is 0.106 e. The minimum atomic E-state index is -0.247.